The van der Waals surface area contributed by atoms with E-state index in [4.69, 9.17) is 4.42 Å². The molecular formula is C15H22N2OS. The van der Waals surface area contributed by atoms with Crippen molar-refractivity contribution in [3.05, 3.63) is 46.0 Å². The predicted molar refractivity (Wildman–Crippen MR) is 80.2 cm³/mol. The molecule has 0 bridgehead atoms. The van der Waals surface area contributed by atoms with Crippen LogP contribution in [0.1, 0.15) is 29.5 Å². The summed E-state index contributed by atoms with van der Waals surface area (Å²) in [5.41, 5.74) is 1.23. The molecule has 2 heterocycles. The number of hydrogen-bond acceptors (Lipinski definition) is 4. The second-order valence-corrected chi connectivity index (χ2v) is 5.88. The fourth-order valence-electron chi connectivity index (χ4n) is 2.00. The van der Waals surface area contributed by atoms with E-state index in [9.17, 15) is 0 Å². The zero-order valence-electron chi connectivity index (χ0n) is 11.7. The third kappa shape index (κ3) is 4.82. The van der Waals surface area contributed by atoms with Crippen molar-refractivity contribution in [2.24, 2.45) is 0 Å². The van der Waals surface area contributed by atoms with Gasteiger partial charge >= 0.3 is 0 Å². The topological polar surface area (TPSA) is 28.4 Å². The Morgan fingerprint density at radius 3 is 3.00 bits per heavy atom. The van der Waals surface area contributed by atoms with E-state index in [1.807, 2.05) is 6.26 Å². The molecule has 0 aromatic carbocycles. The Labute approximate surface area is 119 Å². The van der Waals surface area contributed by atoms with Gasteiger partial charge in [-0.25, -0.2) is 0 Å². The molecule has 0 aliphatic rings. The zero-order chi connectivity index (χ0) is 13.5. The van der Waals surface area contributed by atoms with Crippen molar-refractivity contribution in [3.63, 3.8) is 0 Å². The van der Waals surface area contributed by atoms with Crippen molar-refractivity contribution in [2.45, 2.75) is 33.0 Å². The molecule has 0 aliphatic carbocycles. The maximum absolute atomic E-state index is 5.61. The van der Waals surface area contributed by atoms with Crippen LogP contribution in [0.2, 0.25) is 0 Å². The molecule has 0 aliphatic heterocycles. The minimum absolute atomic E-state index is 0.853. The second kappa shape index (κ2) is 7.48. The number of nitrogens with zero attached hydrogens (tertiary/aromatic N) is 1. The van der Waals surface area contributed by atoms with Crippen LogP contribution in [-0.2, 0) is 19.6 Å². The minimum atomic E-state index is 0.853. The first-order valence-electron chi connectivity index (χ1n) is 6.76. The Bertz CT molecular complexity index is 464. The van der Waals surface area contributed by atoms with Gasteiger partial charge in [-0.2, -0.15) is 0 Å². The lowest BCUT2D eigenvalue weighted by Crippen LogP contribution is -2.16. The average molecular weight is 278 g/mol. The molecule has 0 saturated heterocycles. The van der Waals surface area contributed by atoms with Crippen LogP contribution in [0.25, 0.3) is 0 Å². The molecule has 0 amide bonds. The van der Waals surface area contributed by atoms with Gasteiger partial charge in [-0.1, -0.05) is 13.0 Å². The van der Waals surface area contributed by atoms with E-state index in [1.54, 1.807) is 11.3 Å². The molecule has 0 unspecified atom stereocenters. The monoisotopic (exact) mass is 278 g/mol. The van der Waals surface area contributed by atoms with Crippen LogP contribution in [-0.4, -0.2) is 18.5 Å². The fraction of sp³-hybridized carbons (Fsp3) is 0.467. The highest BCUT2D eigenvalue weighted by molar-refractivity contribution is 7.09. The van der Waals surface area contributed by atoms with E-state index in [0.717, 1.165) is 38.4 Å². The first-order chi connectivity index (χ1) is 9.28. The highest BCUT2D eigenvalue weighted by atomic mass is 32.1. The van der Waals surface area contributed by atoms with E-state index in [0.29, 0.717) is 0 Å². The predicted octanol–water partition coefficient (Wildman–Crippen LogP) is 3.47. The van der Waals surface area contributed by atoms with Gasteiger partial charge in [-0.3, -0.25) is 4.90 Å². The van der Waals surface area contributed by atoms with Crippen molar-refractivity contribution >= 4 is 11.3 Å². The summed E-state index contributed by atoms with van der Waals surface area (Å²) in [5.74, 6) is 1.03. The van der Waals surface area contributed by atoms with Crippen LogP contribution in [0.15, 0.2) is 34.3 Å². The molecule has 0 spiro atoms. The van der Waals surface area contributed by atoms with Gasteiger partial charge in [0.25, 0.3) is 0 Å². The van der Waals surface area contributed by atoms with Gasteiger partial charge < -0.3 is 9.73 Å². The quantitative estimate of drug-likeness (QED) is 0.749. The maximum atomic E-state index is 5.61. The fourth-order valence-corrected chi connectivity index (χ4v) is 2.79. The highest BCUT2D eigenvalue weighted by Gasteiger charge is 2.06. The first-order valence-corrected chi connectivity index (χ1v) is 7.64. The molecule has 104 valence electrons. The molecule has 2 rings (SSSR count). The number of nitrogens with one attached hydrogen (secondary N) is 1. The molecule has 0 radical (unpaired) electrons. The average Bonchev–Trinajstić information content (AvgIpc) is 3.02. The van der Waals surface area contributed by atoms with Crippen molar-refractivity contribution in [1.29, 1.82) is 0 Å². The van der Waals surface area contributed by atoms with Gasteiger partial charge in [0, 0.05) is 23.5 Å². The van der Waals surface area contributed by atoms with Crippen LogP contribution in [0.4, 0.5) is 0 Å². The van der Waals surface area contributed by atoms with Crippen LogP contribution < -0.4 is 5.32 Å². The number of rotatable bonds is 8. The Kier molecular flexibility index (Phi) is 5.63. The molecule has 1 N–H and O–H groups in total. The molecular weight excluding hydrogens is 256 g/mol. The van der Waals surface area contributed by atoms with E-state index in [1.165, 1.54) is 10.4 Å². The summed E-state index contributed by atoms with van der Waals surface area (Å²) in [7, 11) is 2.12. The first kappa shape index (κ1) is 14.3. The lowest BCUT2D eigenvalue weighted by atomic mass is 10.3. The van der Waals surface area contributed by atoms with Gasteiger partial charge in [-0.05, 0) is 37.5 Å². The van der Waals surface area contributed by atoms with E-state index in [2.05, 4.69) is 47.8 Å². The normalized spacial score (nSPS) is 11.3. The molecule has 19 heavy (non-hydrogen) atoms. The summed E-state index contributed by atoms with van der Waals surface area (Å²) in [6, 6.07) is 6.41. The van der Waals surface area contributed by atoms with Gasteiger partial charge in [0.2, 0.25) is 0 Å². The zero-order valence-corrected chi connectivity index (χ0v) is 12.5. The lowest BCUT2D eigenvalue weighted by Gasteiger charge is -2.13. The molecule has 2 aromatic rings. The smallest absolute Gasteiger partial charge is 0.118 e. The summed E-state index contributed by atoms with van der Waals surface area (Å²) in [6.45, 7) is 5.95. The standard InChI is InChI=1S/C15H22N2OS/c1-3-6-16-9-13-8-14(18-12-13)10-17(2)11-15-5-4-7-19-15/h4-5,7-8,12,16H,3,6,9-11H2,1-2H3. The lowest BCUT2D eigenvalue weighted by molar-refractivity contribution is 0.290. The van der Waals surface area contributed by atoms with Crippen molar-refractivity contribution in [2.75, 3.05) is 13.6 Å². The van der Waals surface area contributed by atoms with E-state index in [-0.39, 0.29) is 0 Å². The van der Waals surface area contributed by atoms with Crippen LogP contribution in [0.5, 0.6) is 0 Å². The number of hydrogen-bond donors (Lipinski definition) is 1. The molecule has 3 nitrogen and oxygen atoms in total. The van der Waals surface area contributed by atoms with Crippen LogP contribution in [0, 0.1) is 0 Å². The van der Waals surface area contributed by atoms with Crippen LogP contribution >= 0.6 is 11.3 Å². The summed E-state index contributed by atoms with van der Waals surface area (Å²) >= 11 is 1.80. The Hall–Kier alpha value is -1.10. The number of thiophene rings is 1. The Morgan fingerprint density at radius 1 is 1.37 bits per heavy atom. The minimum Gasteiger partial charge on any atom is -0.468 e. The molecule has 0 atom stereocenters. The van der Waals surface area contributed by atoms with E-state index >= 15 is 0 Å². The summed E-state index contributed by atoms with van der Waals surface area (Å²) < 4.78 is 5.61. The number of furan rings is 1. The molecule has 0 fully saturated rings. The SMILES string of the molecule is CCCNCc1coc(CN(C)Cc2cccs2)c1. The summed E-state index contributed by atoms with van der Waals surface area (Å²) in [5, 5.41) is 5.50. The van der Waals surface area contributed by atoms with Gasteiger partial charge in [-0.15, -0.1) is 11.3 Å². The van der Waals surface area contributed by atoms with Crippen molar-refractivity contribution in [1.82, 2.24) is 10.2 Å². The van der Waals surface area contributed by atoms with Crippen molar-refractivity contribution < 1.29 is 4.42 Å². The van der Waals surface area contributed by atoms with Gasteiger partial charge in [0.15, 0.2) is 0 Å². The molecule has 0 saturated carbocycles. The summed E-state index contributed by atoms with van der Waals surface area (Å²) in [6.07, 6.45) is 3.02. The van der Waals surface area contributed by atoms with Crippen molar-refractivity contribution in [3.8, 4) is 0 Å². The largest absolute Gasteiger partial charge is 0.468 e. The Morgan fingerprint density at radius 2 is 2.26 bits per heavy atom. The maximum Gasteiger partial charge on any atom is 0.118 e. The van der Waals surface area contributed by atoms with Crippen LogP contribution in [0.3, 0.4) is 0 Å². The highest BCUT2D eigenvalue weighted by Crippen LogP contribution is 2.14. The molecule has 2 aromatic heterocycles. The third-order valence-electron chi connectivity index (χ3n) is 2.90. The van der Waals surface area contributed by atoms with E-state index < -0.39 is 0 Å². The second-order valence-electron chi connectivity index (χ2n) is 4.85. The third-order valence-corrected chi connectivity index (χ3v) is 3.76. The summed E-state index contributed by atoms with van der Waals surface area (Å²) in [4.78, 5) is 3.66. The molecule has 4 heteroatoms. The Balaban J connectivity index is 1.78. The van der Waals surface area contributed by atoms with Gasteiger partial charge in [0.05, 0.1) is 12.8 Å². The van der Waals surface area contributed by atoms with Gasteiger partial charge in [0.1, 0.15) is 5.76 Å².